The molecule has 0 saturated heterocycles. The smallest absolute Gasteiger partial charge is 0.349 e. The third-order valence-corrected chi connectivity index (χ3v) is 4.15. The number of carbonyl (C=O) groups is 4. The first-order chi connectivity index (χ1) is 18.2. The zero-order valence-corrected chi connectivity index (χ0v) is 21.3. The van der Waals surface area contributed by atoms with Crippen LogP contribution in [0.2, 0.25) is 0 Å². The van der Waals surface area contributed by atoms with Gasteiger partial charge in [-0.3, -0.25) is 0 Å². The first-order valence-corrected chi connectivity index (χ1v) is 11.1. The van der Waals surface area contributed by atoms with E-state index in [-0.39, 0.29) is 37.6 Å². The third-order valence-electron chi connectivity index (χ3n) is 4.15. The maximum absolute atomic E-state index is 12.0. The van der Waals surface area contributed by atoms with Gasteiger partial charge in [-0.15, -0.1) is 0 Å². The molecule has 202 valence electrons. The number of nitrogens with zero attached hydrogens (tertiary/aromatic N) is 4. The van der Waals surface area contributed by atoms with Crippen LogP contribution in [-0.2, 0) is 38.1 Å². The minimum Gasteiger partial charge on any atom is -0.461 e. The van der Waals surface area contributed by atoms with Gasteiger partial charge in [0.05, 0.1) is 13.1 Å². The molecule has 0 N–H and O–H groups in total. The fraction of sp³-hybridized carbons (Fsp3) is 0.308. The highest BCUT2D eigenvalue weighted by atomic mass is 16.6. The number of hydrogen-bond acceptors (Lipinski definition) is 12. The van der Waals surface area contributed by atoms with Crippen molar-refractivity contribution in [3.05, 3.63) is 73.2 Å². The fourth-order valence-corrected chi connectivity index (χ4v) is 2.15. The summed E-state index contributed by atoms with van der Waals surface area (Å²) in [6.45, 7) is 6.93. The molecule has 0 heterocycles. The standard InChI is InChI=1S/C26H30N4O8/c1-5-23(31)35-15-13-29(3)11-7-9-21(19-27)25(33)37-17-18-38-26(34)22(20-28)10-8-12-30(4)14-16-36-24(32)6-2/h5-12H,1-2,13-18H2,3-4H3. The Kier molecular flexibility index (Phi) is 17.4. The molecule has 0 radical (unpaired) electrons. The highest BCUT2D eigenvalue weighted by Crippen LogP contribution is 2.01. The summed E-state index contributed by atoms with van der Waals surface area (Å²) in [6, 6.07) is 3.42. The van der Waals surface area contributed by atoms with E-state index in [4.69, 9.17) is 29.5 Å². The molecule has 0 aromatic heterocycles. The van der Waals surface area contributed by atoms with E-state index < -0.39 is 23.9 Å². The molecule has 0 aliphatic rings. The zero-order chi connectivity index (χ0) is 28.8. The maximum atomic E-state index is 12.0. The van der Waals surface area contributed by atoms with Gasteiger partial charge in [0.2, 0.25) is 0 Å². The van der Waals surface area contributed by atoms with E-state index in [2.05, 4.69) is 13.2 Å². The van der Waals surface area contributed by atoms with Crippen LogP contribution in [0.15, 0.2) is 73.2 Å². The molecular weight excluding hydrogens is 496 g/mol. The quantitative estimate of drug-likeness (QED) is 0.0669. The lowest BCUT2D eigenvalue weighted by molar-refractivity contribution is -0.146. The summed E-state index contributed by atoms with van der Waals surface area (Å²) in [5.74, 6) is -2.91. The second kappa shape index (κ2) is 20.1. The van der Waals surface area contributed by atoms with Crippen molar-refractivity contribution >= 4 is 23.9 Å². The SMILES string of the molecule is C=CC(=O)OCCN(C)C=CC=C(C#N)C(=O)OCCOC(=O)C(C#N)=CC=CN(C)CCOC(=O)C=C. The van der Waals surface area contributed by atoms with E-state index in [1.54, 1.807) is 48.4 Å². The van der Waals surface area contributed by atoms with Crippen LogP contribution in [-0.4, -0.2) is 87.3 Å². The van der Waals surface area contributed by atoms with Crippen LogP contribution in [0.4, 0.5) is 0 Å². The van der Waals surface area contributed by atoms with E-state index in [0.29, 0.717) is 13.1 Å². The van der Waals surface area contributed by atoms with Crippen LogP contribution in [0.5, 0.6) is 0 Å². The average molecular weight is 527 g/mol. The highest BCUT2D eigenvalue weighted by molar-refractivity contribution is 5.93. The van der Waals surface area contributed by atoms with Crippen molar-refractivity contribution in [3.8, 4) is 12.1 Å². The number of likely N-dealkylation sites (N-methyl/N-ethyl adjacent to an activating group) is 2. The third kappa shape index (κ3) is 15.7. The van der Waals surface area contributed by atoms with Gasteiger partial charge in [0.25, 0.3) is 0 Å². The minimum absolute atomic E-state index is 0.131. The lowest BCUT2D eigenvalue weighted by Gasteiger charge is -2.12. The van der Waals surface area contributed by atoms with E-state index >= 15 is 0 Å². The maximum Gasteiger partial charge on any atom is 0.349 e. The molecule has 0 aliphatic carbocycles. The first-order valence-electron chi connectivity index (χ1n) is 11.1. The van der Waals surface area contributed by atoms with Crippen molar-refractivity contribution < 1.29 is 38.1 Å². The molecule has 0 aromatic rings. The minimum atomic E-state index is -0.920. The lowest BCUT2D eigenvalue weighted by atomic mass is 10.2. The van der Waals surface area contributed by atoms with E-state index in [0.717, 1.165) is 12.2 Å². The van der Waals surface area contributed by atoms with E-state index in [1.165, 1.54) is 24.3 Å². The molecule has 0 spiro atoms. The van der Waals surface area contributed by atoms with Crippen LogP contribution in [0, 0.1) is 22.7 Å². The summed E-state index contributed by atoms with van der Waals surface area (Å²) in [4.78, 5) is 49.3. The summed E-state index contributed by atoms with van der Waals surface area (Å²) in [5, 5.41) is 18.3. The topological polar surface area (TPSA) is 159 Å². The van der Waals surface area contributed by atoms with Gasteiger partial charge in [-0.25, -0.2) is 19.2 Å². The Morgan fingerprint density at radius 2 is 1.05 bits per heavy atom. The van der Waals surface area contributed by atoms with E-state index in [9.17, 15) is 19.2 Å². The molecule has 0 unspecified atom stereocenters. The Balaban J connectivity index is 4.54. The van der Waals surface area contributed by atoms with Gasteiger partial charge in [-0.1, -0.05) is 13.2 Å². The van der Waals surface area contributed by atoms with Crippen molar-refractivity contribution in [2.24, 2.45) is 0 Å². The Morgan fingerprint density at radius 3 is 1.37 bits per heavy atom. The molecule has 12 heteroatoms. The molecule has 0 aliphatic heterocycles. The first kappa shape index (κ1) is 32.9. The van der Waals surface area contributed by atoms with Gasteiger partial charge in [0, 0.05) is 26.2 Å². The number of ether oxygens (including phenoxy) is 4. The summed E-state index contributed by atoms with van der Waals surface area (Å²) in [5.41, 5.74) is -0.574. The Morgan fingerprint density at radius 1 is 0.684 bits per heavy atom. The van der Waals surface area contributed by atoms with Crippen molar-refractivity contribution in [1.29, 1.82) is 10.5 Å². The van der Waals surface area contributed by atoms with Gasteiger partial charge in [-0.2, -0.15) is 10.5 Å². The number of esters is 4. The van der Waals surface area contributed by atoms with Gasteiger partial charge in [0.1, 0.15) is 49.7 Å². The van der Waals surface area contributed by atoms with Crippen LogP contribution < -0.4 is 0 Å². The molecule has 0 amide bonds. The predicted molar refractivity (Wildman–Crippen MR) is 135 cm³/mol. The van der Waals surface area contributed by atoms with Crippen LogP contribution in [0.3, 0.4) is 0 Å². The molecule has 0 bridgehead atoms. The molecule has 0 aromatic carbocycles. The van der Waals surface area contributed by atoms with Crippen LogP contribution >= 0.6 is 0 Å². The molecule has 0 rings (SSSR count). The average Bonchev–Trinajstić information content (AvgIpc) is 2.90. The van der Waals surface area contributed by atoms with Crippen LogP contribution in [0.1, 0.15) is 0 Å². The van der Waals surface area contributed by atoms with Gasteiger partial charge >= 0.3 is 23.9 Å². The Hall–Kier alpha value is -5.10. The fourth-order valence-electron chi connectivity index (χ4n) is 2.15. The normalized spacial score (nSPS) is 11.2. The Bertz CT molecular complexity index is 976. The van der Waals surface area contributed by atoms with Crippen LogP contribution in [0.25, 0.3) is 0 Å². The summed E-state index contributed by atoms with van der Waals surface area (Å²) >= 11 is 0. The summed E-state index contributed by atoms with van der Waals surface area (Å²) in [6.07, 6.45) is 10.6. The lowest BCUT2D eigenvalue weighted by Crippen LogP contribution is -2.18. The van der Waals surface area contributed by atoms with E-state index in [1.807, 2.05) is 0 Å². The number of rotatable bonds is 17. The molecular formula is C26H30N4O8. The second-order valence-electron chi connectivity index (χ2n) is 7.04. The number of hydrogen-bond donors (Lipinski definition) is 0. The molecule has 0 fully saturated rings. The molecule has 12 nitrogen and oxygen atoms in total. The summed E-state index contributed by atoms with van der Waals surface area (Å²) < 4.78 is 19.5. The van der Waals surface area contributed by atoms with Crippen molar-refractivity contribution in [2.45, 2.75) is 0 Å². The summed E-state index contributed by atoms with van der Waals surface area (Å²) in [7, 11) is 3.40. The number of allylic oxidation sites excluding steroid dienone is 4. The molecule has 0 atom stereocenters. The van der Waals surface area contributed by atoms with Crippen molar-refractivity contribution in [3.63, 3.8) is 0 Å². The monoisotopic (exact) mass is 526 g/mol. The predicted octanol–water partition coefficient (Wildman–Crippen LogP) is 1.32. The van der Waals surface area contributed by atoms with Crippen molar-refractivity contribution in [1.82, 2.24) is 9.80 Å². The highest BCUT2D eigenvalue weighted by Gasteiger charge is 2.12. The molecule has 0 saturated carbocycles. The van der Waals surface area contributed by atoms with Gasteiger partial charge in [0.15, 0.2) is 0 Å². The largest absolute Gasteiger partial charge is 0.461 e. The second-order valence-corrected chi connectivity index (χ2v) is 7.04. The Labute approximate surface area is 221 Å². The number of nitriles is 2. The number of carbonyl (C=O) groups excluding carboxylic acids is 4. The zero-order valence-electron chi connectivity index (χ0n) is 21.3. The van der Waals surface area contributed by atoms with Gasteiger partial charge < -0.3 is 28.7 Å². The van der Waals surface area contributed by atoms with Gasteiger partial charge in [-0.05, 0) is 36.7 Å². The van der Waals surface area contributed by atoms with Crippen molar-refractivity contribution in [2.75, 3.05) is 53.6 Å². The molecule has 38 heavy (non-hydrogen) atoms.